The zero-order valence-corrected chi connectivity index (χ0v) is 19.1. The lowest BCUT2D eigenvalue weighted by Gasteiger charge is -2.09. The van der Waals surface area contributed by atoms with Crippen molar-refractivity contribution in [1.29, 1.82) is 0 Å². The summed E-state index contributed by atoms with van der Waals surface area (Å²) >= 11 is 7.47. The minimum absolute atomic E-state index is 0.0932. The van der Waals surface area contributed by atoms with Gasteiger partial charge in [-0.25, -0.2) is 4.99 Å². The Morgan fingerprint density at radius 3 is 2.38 bits per heavy atom. The summed E-state index contributed by atoms with van der Waals surface area (Å²) in [7, 11) is 0. The Balaban J connectivity index is 1.46. The van der Waals surface area contributed by atoms with E-state index < -0.39 is 0 Å². The maximum atomic E-state index is 12.5. The van der Waals surface area contributed by atoms with Crippen molar-refractivity contribution < 1.29 is 9.53 Å². The number of fused-ring (bicyclic) bond motifs is 1. The molecule has 32 heavy (non-hydrogen) atoms. The van der Waals surface area contributed by atoms with Crippen molar-refractivity contribution in [1.82, 2.24) is 0 Å². The number of ether oxygens (including phenoxy) is 1. The molecule has 0 saturated carbocycles. The third-order valence-electron chi connectivity index (χ3n) is 4.70. The minimum Gasteiger partial charge on any atom is -0.494 e. The molecule has 7 heteroatoms. The number of thioether (sulfide) groups is 1. The Labute approximate surface area is 196 Å². The molecule has 162 valence electrons. The van der Waals surface area contributed by atoms with Crippen LogP contribution >= 0.6 is 23.4 Å². The molecule has 0 saturated heterocycles. The third kappa shape index (κ3) is 5.78. The Bertz CT molecular complexity index is 1160. The third-order valence-corrected chi connectivity index (χ3v) is 5.92. The number of anilines is 1. The maximum Gasteiger partial charge on any atom is 0.234 e. The van der Waals surface area contributed by atoms with E-state index in [1.807, 2.05) is 79.7 Å². The van der Waals surface area contributed by atoms with Gasteiger partial charge in [0.05, 0.1) is 34.5 Å². The second-order valence-corrected chi connectivity index (χ2v) is 8.52. The summed E-state index contributed by atoms with van der Waals surface area (Å²) < 4.78 is 5.44. The fraction of sp³-hybridized carbons (Fsp3) is 0.160. The SMILES string of the molecule is CCOc1ccc(NC(=O)CSC2=Nc3ccccc3N=C(c3ccc(Cl)cc3)C2)cc1. The lowest BCUT2D eigenvalue weighted by molar-refractivity contribution is -0.113. The molecule has 5 nitrogen and oxygen atoms in total. The number of hydrogen-bond donors (Lipinski definition) is 1. The van der Waals surface area contributed by atoms with Crippen molar-refractivity contribution in [3.05, 3.63) is 83.4 Å². The molecule has 3 aromatic rings. The van der Waals surface area contributed by atoms with Gasteiger partial charge in [-0.15, -0.1) is 11.8 Å². The summed E-state index contributed by atoms with van der Waals surface area (Å²) in [4.78, 5) is 22.1. The van der Waals surface area contributed by atoms with Gasteiger partial charge < -0.3 is 10.1 Å². The van der Waals surface area contributed by atoms with Gasteiger partial charge in [-0.3, -0.25) is 9.79 Å². The fourth-order valence-electron chi connectivity index (χ4n) is 3.19. The number of amides is 1. The van der Waals surface area contributed by atoms with Crippen LogP contribution in [0.3, 0.4) is 0 Å². The van der Waals surface area contributed by atoms with Crippen LogP contribution in [-0.2, 0) is 4.79 Å². The number of para-hydroxylation sites is 2. The van der Waals surface area contributed by atoms with Gasteiger partial charge in [0.1, 0.15) is 5.75 Å². The van der Waals surface area contributed by atoms with Crippen molar-refractivity contribution in [2.45, 2.75) is 13.3 Å². The van der Waals surface area contributed by atoms with Crippen LogP contribution in [0.15, 0.2) is 82.8 Å². The number of halogens is 1. The van der Waals surface area contributed by atoms with Crippen molar-refractivity contribution in [3.63, 3.8) is 0 Å². The zero-order valence-electron chi connectivity index (χ0n) is 17.5. The predicted octanol–water partition coefficient (Wildman–Crippen LogP) is 6.67. The number of rotatable bonds is 6. The highest BCUT2D eigenvalue weighted by atomic mass is 35.5. The summed E-state index contributed by atoms with van der Waals surface area (Å²) in [6.45, 7) is 2.54. The predicted molar refractivity (Wildman–Crippen MR) is 135 cm³/mol. The van der Waals surface area contributed by atoms with Crippen LogP contribution in [-0.4, -0.2) is 29.0 Å². The van der Waals surface area contributed by atoms with Gasteiger partial charge in [-0.2, -0.15) is 0 Å². The summed E-state index contributed by atoms with van der Waals surface area (Å²) in [6.07, 6.45) is 0.539. The minimum atomic E-state index is -0.0932. The summed E-state index contributed by atoms with van der Waals surface area (Å²) in [5, 5.41) is 4.44. The number of carbonyl (C=O) groups excluding carboxylic acids is 1. The molecular weight excluding hydrogens is 442 g/mol. The van der Waals surface area contributed by atoms with Crippen LogP contribution < -0.4 is 10.1 Å². The van der Waals surface area contributed by atoms with Gasteiger partial charge in [-0.1, -0.05) is 35.9 Å². The Morgan fingerprint density at radius 2 is 1.69 bits per heavy atom. The van der Waals surface area contributed by atoms with E-state index in [0.29, 0.717) is 18.1 Å². The summed E-state index contributed by atoms with van der Waals surface area (Å²) in [6, 6.07) is 22.7. The standard InChI is InChI=1S/C25H22ClN3O2S/c1-2-31-20-13-11-19(12-14-20)27-24(30)16-32-25-15-23(17-7-9-18(26)10-8-17)28-21-5-3-4-6-22(21)29-25/h3-14H,2,15-16H2,1H3,(H,27,30). The first-order valence-corrected chi connectivity index (χ1v) is 11.6. The number of nitrogens with zero attached hydrogens (tertiary/aromatic N) is 2. The molecule has 0 radical (unpaired) electrons. The largest absolute Gasteiger partial charge is 0.494 e. The monoisotopic (exact) mass is 463 g/mol. The van der Waals surface area contributed by atoms with Crippen LogP contribution in [0.2, 0.25) is 5.02 Å². The highest BCUT2D eigenvalue weighted by molar-refractivity contribution is 8.14. The zero-order chi connectivity index (χ0) is 22.3. The molecule has 0 unspecified atom stereocenters. The molecule has 1 N–H and O–H groups in total. The van der Waals surface area contributed by atoms with Gasteiger partial charge in [0.2, 0.25) is 5.91 Å². The molecule has 0 fully saturated rings. The van der Waals surface area contributed by atoms with E-state index in [0.717, 1.165) is 39.1 Å². The van der Waals surface area contributed by atoms with Gasteiger partial charge in [0.25, 0.3) is 0 Å². The highest BCUT2D eigenvalue weighted by Crippen LogP contribution is 2.33. The number of hydrogen-bond acceptors (Lipinski definition) is 5. The van der Waals surface area contributed by atoms with Crippen LogP contribution in [0.1, 0.15) is 18.9 Å². The summed E-state index contributed by atoms with van der Waals surface area (Å²) in [5.74, 6) is 0.937. The second-order valence-electron chi connectivity index (χ2n) is 7.03. The molecule has 1 amide bonds. The molecule has 0 aromatic heterocycles. The van der Waals surface area contributed by atoms with E-state index >= 15 is 0 Å². The van der Waals surface area contributed by atoms with E-state index in [1.54, 1.807) is 0 Å². The molecule has 0 atom stereocenters. The average Bonchev–Trinajstić information content (AvgIpc) is 2.99. The van der Waals surface area contributed by atoms with Gasteiger partial charge >= 0.3 is 0 Å². The van der Waals surface area contributed by atoms with Crippen LogP contribution in [0.4, 0.5) is 17.1 Å². The number of benzene rings is 3. The molecule has 4 rings (SSSR count). The molecule has 0 aliphatic carbocycles. The average molecular weight is 464 g/mol. The van der Waals surface area contributed by atoms with Crippen LogP contribution in [0, 0.1) is 0 Å². The highest BCUT2D eigenvalue weighted by Gasteiger charge is 2.16. The van der Waals surface area contributed by atoms with Crippen molar-refractivity contribution in [2.24, 2.45) is 9.98 Å². The lowest BCUT2D eigenvalue weighted by Crippen LogP contribution is -2.16. The molecule has 1 heterocycles. The van der Waals surface area contributed by atoms with Gasteiger partial charge in [0, 0.05) is 17.1 Å². The first-order valence-electron chi connectivity index (χ1n) is 10.3. The summed E-state index contributed by atoms with van der Waals surface area (Å²) in [5.41, 5.74) is 4.22. The number of carbonyl (C=O) groups is 1. The Kier molecular flexibility index (Phi) is 7.24. The van der Waals surface area contributed by atoms with Gasteiger partial charge in [0.15, 0.2) is 0 Å². The molecular formula is C25H22ClN3O2S. The van der Waals surface area contributed by atoms with E-state index in [2.05, 4.69) is 5.32 Å². The van der Waals surface area contributed by atoms with Crippen molar-refractivity contribution in [3.8, 4) is 5.75 Å². The lowest BCUT2D eigenvalue weighted by atomic mass is 10.1. The first kappa shape index (κ1) is 22.1. The molecule has 3 aromatic carbocycles. The molecule has 1 aliphatic heterocycles. The second kappa shape index (κ2) is 10.5. The number of aliphatic imine (C=N–C) groups is 2. The topological polar surface area (TPSA) is 63.0 Å². The van der Waals surface area contributed by atoms with E-state index in [4.69, 9.17) is 26.3 Å². The first-order chi connectivity index (χ1) is 15.6. The van der Waals surface area contributed by atoms with Crippen LogP contribution in [0.25, 0.3) is 0 Å². The van der Waals surface area contributed by atoms with Crippen molar-refractivity contribution in [2.75, 3.05) is 17.7 Å². The smallest absolute Gasteiger partial charge is 0.234 e. The van der Waals surface area contributed by atoms with E-state index in [-0.39, 0.29) is 11.7 Å². The fourth-order valence-corrected chi connectivity index (χ4v) is 4.09. The molecule has 1 aliphatic rings. The molecule has 0 spiro atoms. The van der Waals surface area contributed by atoms with Gasteiger partial charge in [-0.05, 0) is 61.0 Å². The maximum absolute atomic E-state index is 12.5. The van der Waals surface area contributed by atoms with Crippen LogP contribution in [0.5, 0.6) is 5.75 Å². The number of nitrogens with one attached hydrogen (secondary N) is 1. The normalized spacial score (nSPS) is 12.8. The van der Waals surface area contributed by atoms with E-state index in [1.165, 1.54) is 11.8 Å². The van der Waals surface area contributed by atoms with E-state index in [9.17, 15) is 4.79 Å². The Hall–Kier alpha value is -3.09. The molecule has 0 bridgehead atoms. The quantitative estimate of drug-likeness (QED) is 0.444. The Morgan fingerprint density at radius 1 is 1.00 bits per heavy atom. The van der Waals surface area contributed by atoms with Crippen molar-refractivity contribution >= 4 is 57.1 Å².